The normalized spacial score (nSPS) is 21.1. The molecule has 0 aromatic heterocycles. The highest BCUT2D eigenvalue weighted by Crippen LogP contribution is 2.15. The Morgan fingerprint density at radius 2 is 2.35 bits per heavy atom. The molecule has 0 amide bonds. The number of likely N-dealkylation sites (tertiary alicyclic amines) is 1. The van der Waals surface area contributed by atoms with Gasteiger partial charge in [0.1, 0.15) is 11.9 Å². The van der Waals surface area contributed by atoms with Crippen LogP contribution in [0.4, 0.5) is 4.39 Å². The Labute approximate surface area is 100 Å². The molecule has 1 aromatic carbocycles. The molecule has 3 nitrogen and oxygen atoms in total. The lowest BCUT2D eigenvalue weighted by molar-refractivity contribution is 0.0668. The number of aliphatic hydroxyl groups excluding tert-OH is 1. The summed E-state index contributed by atoms with van der Waals surface area (Å²) in [6.45, 7) is 2.25. The molecular weight excluding hydrogens is 219 g/mol. The van der Waals surface area contributed by atoms with Crippen molar-refractivity contribution in [3.63, 3.8) is 0 Å². The number of halogens is 1. The quantitative estimate of drug-likeness (QED) is 0.846. The lowest BCUT2D eigenvalue weighted by Crippen LogP contribution is -2.37. The molecular formula is C13H15FN2O. The number of rotatable bonds is 2. The lowest BCUT2D eigenvalue weighted by atomic mass is 10.1. The van der Waals surface area contributed by atoms with Crippen molar-refractivity contribution < 1.29 is 9.50 Å². The zero-order valence-corrected chi connectivity index (χ0v) is 9.56. The van der Waals surface area contributed by atoms with Crippen LogP contribution >= 0.6 is 0 Å². The zero-order valence-electron chi connectivity index (χ0n) is 9.56. The van der Waals surface area contributed by atoms with E-state index in [2.05, 4.69) is 4.90 Å². The van der Waals surface area contributed by atoms with Gasteiger partial charge < -0.3 is 5.11 Å². The Hall–Kier alpha value is -1.44. The molecule has 1 atom stereocenters. The second kappa shape index (κ2) is 5.26. The van der Waals surface area contributed by atoms with Crippen LogP contribution in [0.2, 0.25) is 0 Å². The first kappa shape index (κ1) is 12.0. The Kier molecular flexibility index (Phi) is 3.72. The molecule has 0 radical (unpaired) electrons. The fourth-order valence-electron chi connectivity index (χ4n) is 2.19. The van der Waals surface area contributed by atoms with Crippen molar-refractivity contribution in [2.45, 2.75) is 25.5 Å². The number of hydrogen-bond donors (Lipinski definition) is 1. The molecule has 1 saturated heterocycles. The summed E-state index contributed by atoms with van der Waals surface area (Å²) in [5.41, 5.74) is 0.997. The standard InChI is InChI=1S/C13H15FN2O/c14-13-4-3-10(6-11(13)7-15)8-16-5-1-2-12(17)9-16/h3-4,6,12,17H,1-2,5,8-9H2. The summed E-state index contributed by atoms with van der Waals surface area (Å²) < 4.78 is 13.1. The van der Waals surface area contributed by atoms with Crippen molar-refractivity contribution in [1.82, 2.24) is 4.90 Å². The summed E-state index contributed by atoms with van der Waals surface area (Å²) in [6.07, 6.45) is 1.57. The van der Waals surface area contributed by atoms with Crippen LogP contribution in [-0.2, 0) is 6.54 Å². The summed E-state index contributed by atoms with van der Waals surface area (Å²) in [4.78, 5) is 2.13. The molecule has 0 spiro atoms. The first-order chi connectivity index (χ1) is 8.19. The molecule has 1 unspecified atom stereocenters. The fourth-order valence-corrected chi connectivity index (χ4v) is 2.19. The largest absolute Gasteiger partial charge is 0.392 e. The maximum atomic E-state index is 13.1. The smallest absolute Gasteiger partial charge is 0.140 e. The Morgan fingerprint density at radius 1 is 1.53 bits per heavy atom. The van der Waals surface area contributed by atoms with E-state index in [0.717, 1.165) is 24.9 Å². The second-order valence-corrected chi connectivity index (χ2v) is 4.46. The number of nitrogens with zero attached hydrogens (tertiary/aromatic N) is 2. The lowest BCUT2D eigenvalue weighted by Gasteiger charge is -2.29. The van der Waals surface area contributed by atoms with Crippen molar-refractivity contribution in [2.75, 3.05) is 13.1 Å². The third-order valence-corrected chi connectivity index (χ3v) is 3.04. The topological polar surface area (TPSA) is 47.3 Å². The highest BCUT2D eigenvalue weighted by molar-refractivity contribution is 5.34. The van der Waals surface area contributed by atoms with Gasteiger partial charge in [0.15, 0.2) is 0 Å². The molecule has 1 aromatic rings. The third kappa shape index (κ3) is 3.02. The van der Waals surface area contributed by atoms with Gasteiger partial charge >= 0.3 is 0 Å². The van der Waals surface area contributed by atoms with Crippen LogP contribution in [0, 0.1) is 17.1 Å². The Morgan fingerprint density at radius 3 is 3.06 bits per heavy atom. The zero-order chi connectivity index (χ0) is 12.3. The molecule has 0 aliphatic carbocycles. The van der Waals surface area contributed by atoms with Crippen LogP contribution in [0.15, 0.2) is 18.2 Å². The van der Waals surface area contributed by atoms with Crippen LogP contribution < -0.4 is 0 Å². The summed E-state index contributed by atoms with van der Waals surface area (Å²) in [6, 6.07) is 6.44. The maximum Gasteiger partial charge on any atom is 0.140 e. The number of hydrogen-bond acceptors (Lipinski definition) is 3. The highest BCUT2D eigenvalue weighted by Gasteiger charge is 2.17. The molecule has 0 bridgehead atoms. The molecule has 0 saturated carbocycles. The monoisotopic (exact) mass is 234 g/mol. The molecule has 1 fully saturated rings. The third-order valence-electron chi connectivity index (χ3n) is 3.04. The second-order valence-electron chi connectivity index (χ2n) is 4.46. The van der Waals surface area contributed by atoms with Gasteiger partial charge in [0.25, 0.3) is 0 Å². The van der Waals surface area contributed by atoms with Gasteiger partial charge in [0, 0.05) is 13.1 Å². The average Bonchev–Trinajstić information content (AvgIpc) is 2.32. The van der Waals surface area contributed by atoms with Crippen LogP contribution in [0.1, 0.15) is 24.0 Å². The summed E-state index contributed by atoms with van der Waals surface area (Å²) in [5, 5.41) is 18.3. The van der Waals surface area contributed by atoms with E-state index in [1.807, 2.05) is 6.07 Å². The summed E-state index contributed by atoms with van der Waals surface area (Å²) in [7, 11) is 0. The van der Waals surface area contributed by atoms with Crippen molar-refractivity contribution in [3.8, 4) is 6.07 Å². The van der Waals surface area contributed by atoms with Gasteiger partial charge in [-0.1, -0.05) is 6.07 Å². The minimum absolute atomic E-state index is 0.0834. The fraction of sp³-hybridized carbons (Fsp3) is 0.462. The van der Waals surface area contributed by atoms with E-state index < -0.39 is 5.82 Å². The van der Waals surface area contributed by atoms with Gasteiger partial charge in [0.2, 0.25) is 0 Å². The van der Waals surface area contributed by atoms with Gasteiger partial charge in [-0.2, -0.15) is 5.26 Å². The van der Waals surface area contributed by atoms with Gasteiger partial charge in [-0.05, 0) is 37.1 Å². The predicted molar refractivity (Wildman–Crippen MR) is 61.6 cm³/mol. The van der Waals surface area contributed by atoms with E-state index >= 15 is 0 Å². The molecule has 1 aliphatic rings. The molecule has 2 rings (SSSR count). The van der Waals surface area contributed by atoms with E-state index in [-0.39, 0.29) is 11.7 Å². The molecule has 1 aliphatic heterocycles. The van der Waals surface area contributed by atoms with E-state index in [4.69, 9.17) is 5.26 Å². The molecule has 17 heavy (non-hydrogen) atoms. The number of aliphatic hydroxyl groups is 1. The molecule has 1 N–H and O–H groups in total. The minimum Gasteiger partial charge on any atom is -0.392 e. The van der Waals surface area contributed by atoms with Gasteiger partial charge in [-0.25, -0.2) is 4.39 Å². The van der Waals surface area contributed by atoms with Crippen molar-refractivity contribution in [2.24, 2.45) is 0 Å². The van der Waals surface area contributed by atoms with Crippen LogP contribution in [0.5, 0.6) is 0 Å². The number of benzene rings is 1. The number of piperidine rings is 1. The Bertz CT molecular complexity index is 442. The maximum absolute atomic E-state index is 13.1. The van der Waals surface area contributed by atoms with E-state index in [9.17, 15) is 9.50 Å². The van der Waals surface area contributed by atoms with Crippen LogP contribution in [-0.4, -0.2) is 29.2 Å². The van der Waals surface area contributed by atoms with Crippen molar-refractivity contribution in [1.29, 1.82) is 5.26 Å². The van der Waals surface area contributed by atoms with E-state index in [1.165, 1.54) is 6.07 Å². The average molecular weight is 234 g/mol. The van der Waals surface area contributed by atoms with Gasteiger partial charge in [0.05, 0.1) is 11.7 Å². The number of β-amino-alcohol motifs (C(OH)–C–C–N with tert-alkyl or cyclic N) is 1. The highest BCUT2D eigenvalue weighted by atomic mass is 19.1. The first-order valence-corrected chi connectivity index (χ1v) is 5.78. The SMILES string of the molecule is N#Cc1cc(CN2CCCC(O)C2)ccc1F. The molecule has 90 valence electrons. The Balaban J connectivity index is 2.06. The van der Waals surface area contributed by atoms with Crippen LogP contribution in [0.25, 0.3) is 0 Å². The molecule has 1 heterocycles. The van der Waals surface area contributed by atoms with E-state index in [0.29, 0.717) is 13.1 Å². The van der Waals surface area contributed by atoms with Gasteiger partial charge in [-0.15, -0.1) is 0 Å². The van der Waals surface area contributed by atoms with E-state index in [1.54, 1.807) is 12.1 Å². The van der Waals surface area contributed by atoms with Crippen molar-refractivity contribution in [3.05, 3.63) is 35.1 Å². The van der Waals surface area contributed by atoms with Crippen LogP contribution in [0.3, 0.4) is 0 Å². The van der Waals surface area contributed by atoms with Gasteiger partial charge in [-0.3, -0.25) is 4.90 Å². The minimum atomic E-state index is -0.477. The first-order valence-electron chi connectivity index (χ1n) is 5.78. The van der Waals surface area contributed by atoms with Crippen molar-refractivity contribution >= 4 is 0 Å². The predicted octanol–water partition coefficient (Wildman–Crippen LogP) is 1.65. The summed E-state index contributed by atoms with van der Waals surface area (Å²) >= 11 is 0. The summed E-state index contributed by atoms with van der Waals surface area (Å²) in [5.74, 6) is -0.477. The number of nitriles is 1. The molecule has 4 heteroatoms.